The fraction of sp³-hybridized carbons (Fsp3) is 0.375. The zero-order valence-corrected chi connectivity index (χ0v) is 25.4. The molecule has 0 aliphatic heterocycles. The molecule has 41 heavy (non-hydrogen) atoms. The summed E-state index contributed by atoms with van der Waals surface area (Å²) in [7, 11) is -3.82. The van der Waals surface area contributed by atoms with Crippen LogP contribution in [0.25, 0.3) is 0 Å². The van der Waals surface area contributed by atoms with Gasteiger partial charge in [0.05, 0.1) is 11.9 Å². The predicted octanol–water partition coefficient (Wildman–Crippen LogP) is 5.06. The summed E-state index contributed by atoms with van der Waals surface area (Å²) in [4.78, 5) is 28.6. The SMILES string of the molecule is CC[C@H](C(=O)N[C@@H](C)CC)N(Cc1ccc(C)cc1)C(=O)CN(c1ccc(OCc2ccccc2)cc1)S(C)(=O)=O. The van der Waals surface area contributed by atoms with Crippen LogP contribution in [0, 0.1) is 6.92 Å². The van der Waals surface area contributed by atoms with Gasteiger partial charge in [-0.25, -0.2) is 8.42 Å². The predicted molar refractivity (Wildman–Crippen MR) is 163 cm³/mol. The number of nitrogens with one attached hydrogen (secondary N) is 1. The number of rotatable bonds is 14. The minimum atomic E-state index is -3.82. The van der Waals surface area contributed by atoms with E-state index >= 15 is 0 Å². The van der Waals surface area contributed by atoms with Crippen LogP contribution in [-0.4, -0.2) is 50.0 Å². The number of aryl methyl sites for hydroxylation is 1. The third kappa shape index (κ3) is 9.35. The maximum absolute atomic E-state index is 13.8. The van der Waals surface area contributed by atoms with E-state index in [9.17, 15) is 18.0 Å². The Balaban J connectivity index is 1.85. The number of ether oxygens (including phenoxy) is 1. The molecule has 8 nitrogen and oxygen atoms in total. The molecule has 0 saturated carbocycles. The molecule has 0 radical (unpaired) electrons. The molecule has 0 aliphatic rings. The molecule has 3 aromatic rings. The Kier molecular flexibility index (Phi) is 11.3. The van der Waals surface area contributed by atoms with Crippen LogP contribution in [-0.2, 0) is 32.8 Å². The van der Waals surface area contributed by atoms with Gasteiger partial charge in [-0.3, -0.25) is 13.9 Å². The van der Waals surface area contributed by atoms with Crippen molar-refractivity contribution in [2.45, 2.75) is 65.8 Å². The highest BCUT2D eigenvalue weighted by atomic mass is 32.2. The summed E-state index contributed by atoms with van der Waals surface area (Å²) < 4.78 is 32.7. The van der Waals surface area contributed by atoms with Gasteiger partial charge in [-0.15, -0.1) is 0 Å². The van der Waals surface area contributed by atoms with Crippen molar-refractivity contribution in [3.63, 3.8) is 0 Å². The summed E-state index contributed by atoms with van der Waals surface area (Å²) in [5.74, 6) is -0.147. The molecule has 0 heterocycles. The smallest absolute Gasteiger partial charge is 0.244 e. The molecule has 9 heteroatoms. The van der Waals surface area contributed by atoms with Crippen LogP contribution in [0.4, 0.5) is 5.69 Å². The number of nitrogens with zero attached hydrogens (tertiary/aromatic N) is 2. The minimum absolute atomic E-state index is 0.0528. The van der Waals surface area contributed by atoms with E-state index in [4.69, 9.17) is 4.74 Å². The maximum atomic E-state index is 13.8. The van der Waals surface area contributed by atoms with Gasteiger partial charge in [0.25, 0.3) is 0 Å². The molecular weight excluding hydrogens is 538 g/mol. The minimum Gasteiger partial charge on any atom is -0.489 e. The van der Waals surface area contributed by atoms with Gasteiger partial charge in [0, 0.05) is 12.6 Å². The van der Waals surface area contributed by atoms with Crippen LogP contribution in [0.1, 0.15) is 50.3 Å². The highest BCUT2D eigenvalue weighted by Gasteiger charge is 2.32. The first-order chi connectivity index (χ1) is 19.5. The van der Waals surface area contributed by atoms with Crippen molar-refractivity contribution >= 4 is 27.5 Å². The number of benzene rings is 3. The zero-order valence-electron chi connectivity index (χ0n) is 24.5. The normalized spacial score (nSPS) is 12.7. The molecule has 220 valence electrons. The number of hydrogen-bond acceptors (Lipinski definition) is 5. The summed E-state index contributed by atoms with van der Waals surface area (Å²) in [6.07, 6.45) is 2.20. The summed E-state index contributed by atoms with van der Waals surface area (Å²) in [6, 6.07) is 23.2. The number of sulfonamides is 1. The average molecular weight is 580 g/mol. The first-order valence-electron chi connectivity index (χ1n) is 13.9. The van der Waals surface area contributed by atoms with Gasteiger partial charge < -0.3 is 15.0 Å². The van der Waals surface area contributed by atoms with Crippen molar-refractivity contribution in [2.75, 3.05) is 17.1 Å². The second-order valence-electron chi connectivity index (χ2n) is 10.3. The molecule has 0 spiro atoms. The highest BCUT2D eigenvalue weighted by Crippen LogP contribution is 2.23. The second kappa shape index (κ2) is 14.7. The number of carbonyl (C=O) groups is 2. The van der Waals surface area contributed by atoms with Crippen LogP contribution in [0.15, 0.2) is 78.9 Å². The van der Waals surface area contributed by atoms with Crippen molar-refractivity contribution in [3.8, 4) is 5.75 Å². The number of hydrogen-bond donors (Lipinski definition) is 1. The number of carbonyl (C=O) groups excluding carboxylic acids is 2. The van der Waals surface area contributed by atoms with E-state index in [2.05, 4.69) is 5.32 Å². The Morgan fingerprint density at radius 2 is 1.51 bits per heavy atom. The third-order valence-corrected chi connectivity index (χ3v) is 8.05. The Morgan fingerprint density at radius 3 is 2.07 bits per heavy atom. The topological polar surface area (TPSA) is 96.0 Å². The standard InChI is InChI=1S/C32H41N3O5S/c1-6-25(4)33-32(37)30(7-2)34(21-26-15-13-24(3)14-16-26)31(36)22-35(41(5,38)39)28-17-19-29(20-18-28)40-23-27-11-9-8-10-12-27/h8-20,25,30H,6-7,21-23H2,1-5H3,(H,33,37)/t25-,30+/m0/s1. The Labute approximate surface area is 244 Å². The third-order valence-electron chi connectivity index (χ3n) is 6.91. The second-order valence-corrected chi connectivity index (χ2v) is 12.2. The van der Waals surface area contributed by atoms with E-state index in [-0.39, 0.29) is 18.5 Å². The quantitative estimate of drug-likeness (QED) is 0.288. The van der Waals surface area contributed by atoms with Gasteiger partial charge >= 0.3 is 0 Å². The fourth-order valence-electron chi connectivity index (χ4n) is 4.31. The van der Waals surface area contributed by atoms with Crippen molar-refractivity contribution in [2.24, 2.45) is 0 Å². The molecule has 0 unspecified atom stereocenters. The summed E-state index contributed by atoms with van der Waals surface area (Å²) >= 11 is 0. The van der Waals surface area contributed by atoms with Gasteiger partial charge in [0.15, 0.2) is 0 Å². The average Bonchev–Trinajstić information content (AvgIpc) is 2.95. The molecule has 3 aromatic carbocycles. The molecule has 0 saturated heterocycles. The van der Waals surface area contributed by atoms with E-state index in [1.807, 2.05) is 82.3 Å². The van der Waals surface area contributed by atoms with Crippen molar-refractivity contribution in [1.29, 1.82) is 0 Å². The Bertz CT molecular complexity index is 1380. The van der Waals surface area contributed by atoms with Crippen LogP contribution >= 0.6 is 0 Å². The molecular formula is C32H41N3O5S. The summed E-state index contributed by atoms with van der Waals surface area (Å²) in [5.41, 5.74) is 3.27. The lowest BCUT2D eigenvalue weighted by atomic mass is 10.1. The van der Waals surface area contributed by atoms with Gasteiger partial charge in [-0.05, 0) is 62.1 Å². The van der Waals surface area contributed by atoms with Crippen molar-refractivity contribution < 1.29 is 22.7 Å². The van der Waals surface area contributed by atoms with E-state index in [1.54, 1.807) is 24.3 Å². The first-order valence-corrected chi connectivity index (χ1v) is 15.8. The van der Waals surface area contributed by atoms with E-state index in [0.717, 1.165) is 33.7 Å². The molecule has 3 rings (SSSR count). The molecule has 2 atom stereocenters. The molecule has 0 aliphatic carbocycles. The molecule has 0 bridgehead atoms. The summed E-state index contributed by atoms with van der Waals surface area (Å²) in [6.45, 7) is 7.82. The highest BCUT2D eigenvalue weighted by molar-refractivity contribution is 7.92. The lowest BCUT2D eigenvalue weighted by molar-refractivity contribution is -0.140. The van der Waals surface area contributed by atoms with Crippen molar-refractivity contribution in [3.05, 3.63) is 95.6 Å². The van der Waals surface area contributed by atoms with Crippen LogP contribution < -0.4 is 14.4 Å². The molecule has 0 aromatic heterocycles. The van der Waals surface area contributed by atoms with E-state index < -0.39 is 28.5 Å². The zero-order chi connectivity index (χ0) is 30.0. The monoisotopic (exact) mass is 579 g/mol. The molecule has 2 amide bonds. The van der Waals surface area contributed by atoms with Crippen LogP contribution in [0.2, 0.25) is 0 Å². The van der Waals surface area contributed by atoms with E-state index in [0.29, 0.717) is 24.5 Å². The maximum Gasteiger partial charge on any atom is 0.244 e. The lowest BCUT2D eigenvalue weighted by Gasteiger charge is -2.33. The fourth-order valence-corrected chi connectivity index (χ4v) is 5.16. The Morgan fingerprint density at radius 1 is 0.878 bits per heavy atom. The Hall–Kier alpha value is -3.85. The number of anilines is 1. The first kappa shape index (κ1) is 31.7. The number of amides is 2. The van der Waals surface area contributed by atoms with E-state index in [1.165, 1.54) is 4.90 Å². The van der Waals surface area contributed by atoms with Crippen LogP contribution in [0.3, 0.4) is 0 Å². The van der Waals surface area contributed by atoms with Gasteiger partial charge in [0.1, 0.15) is 24.9 Å². The van der Waals surface area contributed by atoms with Crippen LogP contribution in [0.5, 0.6) is 5.75 Å². The van der Waals surface area contributed by atoms with Gasteiger partial charge in [0.2, 0.25) is 21.8 Å². The summed E-state index contributed by atoms with van der Waals surface area (Å²) in [5, 5.41) is 2.98. The van der Waals surface area contributed by atoms with Gasteiger partial charge in [-0.2, -0.15) is 0 Å². The molecule has 0 fully saturated rings. The lowest BCUT2D eigenvalue weighted by Crippen LogP contribution is -2.53. The largest absolute Gasteiger partial charge is 0.489 e. The van der Waals surface area contributed by atoms with Gasteiger partial charge in [-0.1, -0.05) is 74.0 Å². The van der Waals surface area contributed by atoms with Crippen molar-refractivity contribution in [1.82, 2.24) is 10.2 Å². The molecule has 1 N–H and O–H groups in total.